The van der Waals surface area contributed by atoms with Gasteiger partial charge in [0.25, 0.3) is 5.56 Å². The normalized spacial score (nSPS) is 15.4. The van der Waals surface area contributed by atoms with Crippen molar-refractivity contribution in [1.82, 2.24) is 29.9 Å². The second kappa shape index (κ2) is 9.68. The summed E-state index contributed by atoms with van der Waals surface area (Å²) in [5, 5.41) is 8.32. The van der Waals surface area contributed by atoms with Crippen molar-refractivity contribution in [3.05, 3.63) is 86.5 Å². The summed E-state index contributed by atoms with van der Waals surface area (Å²) in [7, 11) is 0. The molecule has 5 rings (SSSR count). The van der Waals surface area contributed by atoms with Gasteiger partial charge >= 0.3 is 0 Å². The number of aryl methyl sites for hydroxylation is 3. The number of amides is 1. The van der Waals surface area contributed by atoms with Gasteiger partial charge in [0.05, 0.1) is 12.5 Å². The van der Waals surface area contributed by atoms with Crippen LogP contribution in [-0.2, 0) is 11.3 Å². The molecule has 186 valence electrons. The Hall–Kier alpha value is -3.81. The van der Waals surface area contributed by atoms with E-state index in [0.717, 1.165) is 29.5 Å². The van der Waals surface area contributed by atoms with Gasteiger partial charge in [0.15, 0.2) is 11.2 Å². The fourth-order valence-electron chi connectivity index (χ4n) is 4.96. The Morgan fingerprint density at radius 2 is 1.75 bits per heavy atom. The Kier molecular flexibility index (Phi) is 6.43. The van der Waals surface area contributed by atoms with Crippen LogP contribution in [0, 0.1) is 20.8 Å². The van der Waals surface area contributed by atoms with Crippen molar-refractivity contribution in [2.45, 2.75) is 58.9 Å². The SMILES string of the molecule is Cc1ccc([C@H](C)C(=O)N2CCC(c3nc4c(nnn4Cc4cc(C)ccc4C)c(=O)[nH]3)CC2)cc1. The average molecular weight is 485 g/mol. The number of fused-ring (bicyclic) bond motifs is 1. The number of rotatable bonds is 5. The lowest BCUT2D eigenvalue weighted by atomic mass is 9.93. The van der Waals surface area contributed by atoms with Gasteiger partial charge in [0, 0.05) is 19.0 Å². The smallest absolute Gasteiger partial charge is 0.281 e. The van der Waals surface area contributed by atoms with Crippen LogP contribution in [0.5, 0.6) is 0 Å². The molecule has 0 saturated carbocycles. The van der Waals surface area contributed by atoms with E-state index in [1.54, 1.807) is 4.68 Å². The first-order valence-electron chi connectivity index (χ1n) is 12.5. The lowest BCUT2D eigenvalue weighted by Crippen LogP contribution is -2.40. The lowest BCUT2D eigenvalue weighted by molar-refractivity contribution is -0.133. The summed E-state index contributed by atoms with van der Waals surface area (Å²) in [5.41, 5.74) is 6.16. The molecule has 0 spiro atoms. The molecule has 36 heavy (non-hydrogen) atoms. The highest BCUT2D eigenvalue weighted by molar-refractivity contribution is 5.83. The predicted molar refractivity (Wildman–Crippen MR) is 139 cm³/mol. The van der Waals surface area contributed by atoms with E-state index in [2.05, 4.69) is 47.3 Å². The Balaban J connectivity index is 1.32. The summed E-state index contributed by atoms with van der Waals surface area (Å²) < 4.78 is 1.71. The standard InChI is InChI=1S/C28H32N6O2/c1-17-6-9-21(10-7-17)20(4)28(36)33-13-11-22(12-14-33)25-29-26-24(27(35)30-25)31-32-34(26)16-23-15-18(2)5-8-19(23)3/h5-10,15,20,22H,11-14,16H2,1-4H3,(H,29,30,35)/t20-/m0/s1. The highest BCUT2D eigenvalue weighted by atomic mass is 16.2. The van der Waals surface area contributed by atoms with Crippen molar-refractivity contribution in [2.24, 2.45) is 0 Å². The van der Waals surface area contributed by atoms with Crippen molar-refractivity contribution in [2.75, 3.05) is 13.1 Å². The lowest BCUT2D eigenvalue weighted by Gasteiger charge is -2.33. The van der Waals surface area contributed by atoms with Crippen molar-refractivity contribution in [1.29, 1.82) is 0 Å². The van der Waals surface area contributed by atoms with Gasteiger partial charge in [-0.15, -0.1) is 5.10 Å². The van der Waals surface area contributed by atoms with E-state index in [1.165, 1.54) is 11.1 Å². The van der Waals surface area contributed by atoms with Crippen LogP contribution < -0.4 is 5.56 Å². The maximum atomic E-state index is 13.1. The Morgan fingerprint density at radius 1 is 1.06 bits per heavy atom. The average Bonchev–Trinajstić information content (AvgIpc) is 3.29. The first-order valence-corrected chi connectivity index (χ1v) is 12.5. The number of carbonyl (C=O) groups excluding carboxylic acids is 1. The third kappa shape index (κ3) is 4.67. The molecular formula is C28H32N6O2. The van der Waals surface area contributed by atoms with E-state index in [9.17, 15) is 9.59 Å². The number of aromatic amines is 1. The van der Waals surface area contributed by atoms with E-state index in [0.29, 0.717) is 31.1 Å². The van der Waals surface area contributed by atoms with Crippen LogP contribution in [0.15, 0.2) is 47.3 Å². The molecule has 2 aromatic heterocycles. The number of likely N-dealkylation sites (tertiary alicyclic amines) is 1. The monoisotopic (exact) mass is 484 g/mol. The summed E-state index contributed by atoms with van der Waals surface area (Å²) >= 11 is 0. The second-order valence-electron chi connectivity index (χ2n) is 10.0. The molecule has 2 aromatic carbocycles. The molecule has 1 saturated heterocycles. The highest BCUT2D eigenvalue weighted by Crippen LogP contribution is 2.28. The van der Waals surface area contributed by atoms with Crippen LogP contribution in [0.4, 0.5) is 0 Å². The van der Waals surface area contributed by atoms with Crippen molar-refractivity contribution < 1.29 is 4.79 Å². The zero-order chi connectivity index (χ0) is 25.4. The van der Waals surface area contributed by atoms with Crippen molar-refractivity contribution in [3.8, 4) is 0 Å². The predicted octanol–water partition coefficient (Wildman–Crippen LogP) is 4.00. The number of benzene rings is 2. The van der Waals surface area contributed by atoms with E-state index in [4.69, 9.17) is 4.98 Å². The van der Waals surface area contributed by atoms with Gasteiger partial charge < -0.3 is 9.88 Å². The van der Waals surface area contributed by atoms with E-state index in [-0.39, 0.29) is 28.8 Å². The zero-order valence-corrected chi connectivity index (χ0v) is 21.3. The molecular weight excluding hydrogens is 452 g/mol. The minimum absolute atomic E-state index is 0.0740. The third-order valence-electron chi connectivity index (χ3n) is 7.36. The molecule has 0 aliphatic carbocycles. The van der Waals surface area contributed by atoms with Crippen LogP contribution in [0.25, 0.3) is 11.2 Å². The number of hydrogen-bond donors (Lipinski definition) is 1. The van der Waals surface area contributed by atoms with Gasteiger partial charge in [-0.2, -0.15) is 0 Å². The van der Waals surface area contributed by atoms with Crippen molar-refractivity contribution >= 4 is 17.1 Å². The maximum absolute atomic E-state index is 13.1. The quantitative estimate of drug-likeness (QED) is 0.462. The number of nitrogens with one attached hydrogen (secondary N) is 1. The Labute approximate surface area is 210 Å². The Bertz CT molecular complexity index is 1460. The van der Waals surface area contributed by atoms with Gasteiger partial charge in [0.1, 0.15) is 5.82 Å². The number of carbonyl (C=O) groups is 1. The number of hydrogen-bond acceptors (Lipinski definition) is 5. The molecule has 1 amide bonds. The van der Waals surface area contributed by atoms with Gasteiger partial charge in [-0.3, -0.25) is 9.59 Å². The largest absolute Gasteiger partial charge is 0.342 e. The summed E-state index contributed by atoms with van der Waals surface area (Å²) in [4.78, 5) is 35.6. The van der Waals surface area contributed by atoms with Crippen LogP contribution >= 0.6 is 0 Å². The molecule has 8 heteroatoms. The molecule has 1 N–H and O–H groups in total. The molecule has 1 aliphatic heterocycles. The van der Waals surface area contributed by atoms with Crippen LogP contribution in [0.2, 0.25) is 0 Å². The van der Waals surface area contributed by atoms with E-state index < -0.39 is 0 Å². The second-order valence-corrected chi connectivity index (χ2v) is 10.0. The first-order chi connectivity index (χ1) is 17.3. The maximum Gasteiger partial charge on any atom is 0.281 e. The summed E-state index contributed by atoms with van der Waals surface area (Å²) in [6.07, 6.45) is 1.50. The molecule has 4 aromatic rings. The minimum Gasteiger partial charge on any atom is -0.342 e. The molecule has 8 nitrogen and oxygen atoms in total. The van der Waals surface area contributed by atoms with Crippen LogP contribution in [0.3, 0.4) is 0 Å². The summed E-state index contributed by atoms with van der Waals surface area (Å²) in [6.45, 7) is 9.92. The van der Waals surface area contributed by atoms with Gasteiger partial charge in [0.2, 0.25) is 5.91 Å². The number of H-pyrrole nitrogens is 1. The summed E-state index contributed by atoms with van der Waals surface area (Å²) in [6, 6.07) is 14.4. The molecule has 0 bridgehead atoms. The van der Waals surface area contributed by atoms with Crippen molar-refractivity contribution in [3.63, 3.8) is 0 Å². The van der Waals surface area contributed by atoms with Gasteiger partial charge in [-0.05, 0) is 57.2 Å². The zero-order valence-electron chi connectivity index (χ0n) is 21.3. The van der Waals surface area contributed by atoms with E-state index >= 15 is 0 Å². The minimum atomic E-state index is -0.270. The molecule has 1 aliphatic rings. The third-order valence-corrected chi connectivity index (χ3v) is 7.36. The topological polar surface area (TPSA) is 96.8 Å². The molecule has 0 radical (unpaired) electrons. The van der Waals surface area contributed by atoms with Gasteiger partial charge in [-0.25, -0.2) is 9.67 Å². The van der Waals surface area contributed by atoms with E-state index in [1.807, 2.05) is 43.0 Å². The van der Waals surface area contributed by atoms with Crippen LogP contribution in [-0.4, -0.2) is 48.9 Å². The molecule has 3 heterocycles. The Morgan fingerprint density at radius 3 is 2.47 bits per heavy atom. The van der Waals surface area contributed by atoms with Gasteiger partial charge in [-0.1, -0.05) is 58.8 Å². The molecule has 1 atom stereocenters. The molecule has 0 unspecified atom stereocenters. The summed E-state index contributed by atoms with van der Waals surface area (Å²) in [5.74, 6) is 0.688. The first kappa shape index (κ1) is 23.9. The fraction of sp³-hybridized carbons (Fsp3) is 0.393. The van der Waals surface area contributed by atoms with Crippen LogP contribution in [0.1, 0.15) is 65.2 Å². The highest BCUT2D eigenvalue weighted by Gasteiger charge is 2.29. The number of aromatic nitrogens is 5. The number of piperidine rings is 1. The fourth-order valence-corrected chi connectivity index (χ4v) is 4.96. The molecule has 1 fully saturated rings. The number of nitrogens with zero attached hydrogens (tertiary/aromatic N) is 5.